The lowest BCUT2D eigenvalue weighted by Gasteiger charge is -2.24. The number of benzene rings is 1. The quantitative estimate of drug-likeness (QED) is 0.682. The monoisotopic (exact) mass is 229 g/mol. The van der Waals surface area contributed by atoms with Crippen LogP contribution in [0.15, 0.2) is 24.3 Å². The summed E-state index contributed by atoms with van der Waals surface area (Å²) in [6.45, 7) is 2.70. The van der Waals surface area contributed by atoms with E-state index in [0.717, 1.165) is 12.0 Å². The Morgan fingerprint density at radius 1 is 1.33 bits per heavy atom. The lowest BCUT2D eigenvalue weighted by molar-refractivity contribution is 0.186. The van der Waals surface area contributed by atoms with Crippen molar-refractivity contribution in [2.24, 2.45) is 0 Å². The normalized spacial score (nSPS) is 29.9. The third-order valence-electron chi connectivity index (χ3n) is 2.88. The average Bonchev–Trinajstić information content (AvgIpc) is 2.48. The second-order valence-electron chi connectivity index (χ2n) is 4.12. The third-order valence-corrected chi connectivity index (χ3v) is 2.88. The number of phenols is 1. The van der Waals surface area contributed by atoms with Crippen molar-refractivity contribution in [3.05, 3.63) is 29.8 Å². The summed E-state index contributed by atoms with van der Waals surface area (Å²) in [4.78, 5) is 0. The van der Waals surface area contributed by atoms with Gasteiger partial charge < -0.3 is 15.5 Å². The zero-order valence-corrected chi connectivity index (χ0v) is 9.42. The number of aliphatic hydroxyl groups is 1. The minimum absolute atomic E-state index is 0. The minimum atomic E-state index is -0.270. The summed E-state index contributed by atoms with van der Waals surface area (Å²) in [5.74, 6) is 0.274. The molecule has 1 aliphatic rings. The van der Waals surface area contributed by atoms with Gasteiger partial charge in [0.05, 0.1) is 6.10 Å². The SMILES string of the molecule is CC1(c2ccc(O)cc2)CC(O)CN1.Cl. The summed E-state index contributed by atoms with van der Waals surface area (Å²) in [6, 6.07) is 7.13. The molecule has 0 bridgehead atoms. The Morgan fingerprint density at radius 2 is 1.93 bits per heavy atom. The van der Waals surface area contributed by atoms with Gasteiger partial charge in [0.15, 0.2) is 0 Å². The molecule has 2 atom stereocenters. The van der Waals surface area contributed by atoms with E-state index in [1.54, 1.807) is 12.1 Å². The molecule has 2 unspecified atom stereocenters. The van der Waals surface area contributed by atoms with Crippen LogP contribution in [0.25, 0.3) is 0 Å². The molecule has 1 heterocycles. The van der Waals surface area contributed by atoms with Crippen LogP contribution in [0.5, 0.6) is 5.75 Å². The number of halogens is 1. The van der Waals surface area contributed by atoms with Gasteiger partial charge in [-0.25, -0.2) is 0 Å². The molecule has 1 aromatic carbocycles. The van der Waals surface area contributed by atoms with E-state index in [-0.39, 0.29) is 29.8 Å². The fourth-order valence-corrected chi connectivity index (χ4v) is 2.01. The molecular formula is C11H16ClNO2. The fraction of sp³-hybridized carbons (Fsp3) is 0.455. The van der Waals surface area contributed by atoms with Crippen molar-refractivity contribution in [3.63, 3.8) is 0 Å². The molecule has 0 saturated carbocycles. The molecule has 0 aromatic heterocycles. The van der Waals surface area contributed by atoms with Crippen molar-refractivity contribution in [1.82, 2.24) is 5.32 Å². The number of nitrogens with one attached hydrogen (secondary N) is 1. The topological polar surface area (TPSA) is 52.5 Å². The highest BCUT2D eigenvalue weighted by Crippen LogP contribution is 2.31. The van der Waals surface area contributed by atoms with E-state index < -0.39 is 0 Å². The van der Waals surface area contributed by atoms with Gasteiger partial charge in [0.25, 0.3) is 0 Å². The molecule has 1 aromatic rings. The highest BCUT2D eigenvalue weighted by atomic mass is 35.5. The number of β-amino-alcohol motifs (C(OH)–C–C–N with tert-alkyl or cyclic N) is 1. The highest BCUT2D eigenvalue weighted by Gasteiger charge is 2.34. The second-order valence-corrected chi connectivity index (χ2v) is 4.12. The molecular weight excluding hydrogens is 214 g/mol. The van der Waals surface area contributed by atoms with Crippen LogP contribution in [0.3, 0.4) is 0 Å². The van der Waals surface area contributed by atoms with Crippen LogP contribution in [0.4, 0.5) is 0 Å². The maximum atomic E-state index is 9.47. The fourth-order valence-electron chi connectivity index (χ4n) is 2.01. The first-order valence-electron chi connectivity index (χ1n) is 4.83. The predicted molar refractivity (Wildman–Crippen MR) is 61.3 cm³/mol. The number of aliphatic hydroxyl groups excluding tert-OH is 1. The van der Waals surface area contributed by atoms with Gasteiger partial charge in [-0.2, -0.15) is 0 Å². The lowest BCUT2D eigenvalue weighted by atomic mass is 9.90. The average molecular weight is 230 g/mol. The molecule has 0 radical (unpaired) electrons. The van der Waals surface area contributed by atoms with Gasteiger partial charge in [-0.1, -0.05) is 12.1 Å². The zero-order valence-electron chi connectivity index (χ0n) is 8.60. The Bertz CT molecular complexity index is 328. The Labute approximate surface area is 95.5 Å². The first kappa shape index (κ1) is 12.3. The van der Waals surface area contributed by atoms with Crippen molar-refractivity contribution >= 4 is 12.4 Å². The number of hydrogen-bond acceptors (Lipinski definition) is 3. The van der Waals surface area contributed by atoms with Crippen LogP contribution in [0, 0.1) is 0 Å². The summed E-state index contributed by atoms with van der Waals surface area (Å²) >= 11 is 0. The smallest absolute Gasteiger partial charge is 0.115 e. The van der Waals surface area contributed by atoms with Crippen LogP contribution in [-0.2, 0) is 5.54 Å². The van der Waals surface area contributed by atoms with E-state index in [0.29, 0.717) is 6.54 Å². The lowest BCUT2D eigenvalue weighted by Crippen LogP contribution is -2.32. The Hall–Kier alpha value is -0.770. The van der Waals surface area contributed by atoms with Crippen molar-refractivity contribution in [2.45, 2.75) is 25.0 Å². The molecule has 2 rings (SSSR count). The maximum Gasteiger partial charge on any atom is 0.115 e. The summed E-state index contributed by atoms with van der Waals surface area (Å²) in [5, 5.41) is 21.9. The van der Waals surface area contributed by atoms with Crippen molar-refractivity contribution in [1.29, 1.82) is 0 Å². The van der Waals surface area contributed by atoms with E-state index in [4.69, 9.17) is 5.11 Å². The van der Waals surface area contributed by atoms with Gasteiger partial charge in [0.1, 0.15) is 5.75 Å². The Morgan fingerprint density at radius 3 is 2.40 bits per heavy atom. The summed E-state index contributed by atoms with van der Waals surface area (Å²) in [6.07, 6.45) is 0.450. The number of rotatable bonds is 1. The van der Waals surface area contributed by atoms with E-state index in [1.165, 1.54) is 0 Å². The summed E-state index contributed by atoms with van der Waals surface area (Å²) in [5.41, 5.74) is 0.944. The van der Waals surface area contributed by atoms with Crippen molar-refractivity contribution in [3.8, 4) is 5.75 Å². The molecule has 15 heavy (non-hydrogen) atoms. The molecule has 1 saturated heterocycles. The summed E-state index contributed by atoms with van der Waals surface area (Å²) in [7, 11) is 0. The molecule has 3 N–H and O–H groups in total. The Balaban J connectivity index is 0.00000112. The Kier molecular flexibility index (Phi) is 3.60. The minimum Gasteiger partial charge on any atom is -0.508 e. The van der Waals surface area contributed by atoms with Gasteiger partial charge in [-0.3, -0.25) is 0 Å². The number of aromatic hydroxyl groups is 1. The van der Waals surface area contributed by atoms with Gasteiger partial charge >= 0.3 is 0 Å². The van der Waals surface area contributed by atoms with Crippen LogP contribution in [0.1, 0.15) is 18.9 Å². The van der Waals surface area contributed by atoms with E-state index in [1.807, 2.05) is 12.1 Å². The standard InChI is InChI=1S/C11H15NO2.ClH/c1-11(6-10(14)7-12-11)8-2-4-9(13)5-3-8;/h2-5,10,12-14H,6-7H2,1H3;1H. The van der Waals surface area contributed by atoms with Gasteiger partial charge in [0.2, 0.25) is 0 Å². The molecule has 1 aliphatic heterocycles. The number of phenolic OH excluding ortho intramolecular Hbond substituents is 1. The van der Waals surface area contributed by atoms with Crippen LogP contribution >= 0.6 is 12.4 Å². The van der Waals surface area contributed by atoms with E-state index >= 15 is 0 Å². The van der Waals surface area contributed by atoms with Crippen LogP contribution < -0.4 is 5.32 Å². The molecule has 84 valence electrons. The largest absolute Gasteiger partial charge is 0.508 e. The van der Waals surface area contributed by atoms with Gasteiger partial charge in [-0.05, 0) is 31.0 Å². The van der Waals surface area contributed by atoms with Crippen LogP contribution in [-0.4, -0.2) is 22.9 Å². The van der Waals surface area contributed by atoms with Gasteiger partial charge in [-0.15, -0.1) is 12.4 Å². The molecule has 0 aliphatic carbocycles. The van der Waals surface area contributed by atoms with Crippen molar-refractivity contribution < 1.29 is 10.2 Å². The van der Waals surface area contributed by atoms with Crippen molar-refractivity contribution in [2.75, 3.05) is 6.54 Å². The third kappa shape index (κ3) is 2.43. The number of hydrogen-bond donors (Lipinski definition) is 3. The first-order chi connectivity index (χ1) is 6.60. The highest BCUT2D eigenvalue weighted by molar-refractivity contribution is 5.85. The van der Waals surface area contributed by atoms with Crippen LogP contribution in [0.2, 0.25) is 0 Å². The predicted octanol–water partition coefficient (Wildman–Crippen LogP) is 1.38. The molecule has 0 spiro atoms. The van der Waals surface area contributed by atoms with Gasteiger partial charge in [0, 0.05) is 12.1 Å². The zero-order chi connectivity index (χ0) is 10.2. The maximum absolute atomic E-state index is 9.47. The molecule has 4 heteroatoms. The van der Waals surface area contributed by atoms with E-state index in [9.17, 15) is 5.11 Å². The molecule has 0 amide bonds. The molecule has 3 nitrogen and oxygen atoms in total. The van der Waals surface area contributed by atoms with E-state index in [2.05, 4.69) is 12.2 Å². The molecule has 1 fully saturated rings. The summed E-state index contributed by atoms with van der Waals surface area (Å²) < 4.78 is 0. The first-order valence-corrected chi connectivity index (χ1v) is 4.83. The second kappa shape index (κ2) is 4.39.